The number of anilines is 1. The van der Waals surface area contributed by atoms with E-state index < -0.39 is 5.91 Å². The summed E-state index contributed by atoms with van der Waals surface area (Å²) in [6.07, 6.45) is 4.90. The second-order valence-corrected chi connectivity index (χ2v) is 8.46. The Balaban J connectivity index is 1.47. The van der Waals surface area contributed by atoms with Gasteiger partial charge in [-0.25, -0.2) is 4.39 Å². The lowest BCUT2D eigenvalue weighted by Crippen LogP contribution is -3.13. The Hall–Kier alpha value is -2.25. The lowest BCUT2D eigenvalue weighted by Gasteiger charge is -2.19. The number of thiophene rings is 1. The minimum absolute atomic E-state index is 0.157. The van der Waals surface area contributed by atoms with Crippen molar-refractivity contribution in [3.8, 4) is 0 Å². The second-order valence-electron chi connectivity index (χ2n) is 7.35. The number of nitrogens with two attached hydrogens (primary N) is 1. The van der Waals surface area contributed by atoms with E-state index in [1.54, 1.807) is 12.1 Å². The Bertz CT molecular complexity index is 891. The van der Waals surface area contributed by atoms with E-state index >= 15 is 0 Å². The highest BCUT2D eigenvalue weighted by molar-refractivity contribution is 7.17. The molecule has 2 aromatic rings. The van der Waals surface area contributed by atoms with Crippen molar-refractivity contribution in [1.29, 1.82) is 0 Å². The number of rotatable bonds is 7. The van der Waals surface area contributed by atoms with Gasteiger partial charge in [-0.1, -0.05) is 18.2 Å². The number of hydrogen-bond donors (Lipinski definition) is 3. The fourth-order valence-electron chi connectivity index (χ4n) is 3.86. The van der Waals surface area contributed by atoms with E-state index in [0.717, 1.165) is 47.4 Å². The monoisotopic (exact) mass is 388 g/mol. The van der Waals surface area contributed by atoms with Crippen LogP contribution in [0.15, 0.2) is 24.3 Å². The molecule has 4 rings (SSSR count). The summed E-state index contributed by atoms with van der Waals surface area (Å²) in [5, 5.41) is 3.47. The molecule has 1 atom stereocenters. The van der Waals surface area contributed by atoms with Crippen molar-refractivity contribution < 1.29 is 18.9 Å². The van der Waals surface area contributed by atoms with E-state index in [9.17, 15) is 14.0 Å². The number of quaternary nitrogens is 1. The fraction of sp³-hybridized carbons (Fsp3) is 0.400. The van der Waals surface area contributed by atoms with Gasteiger partial charge in [0.05, 0.1) is 11.6 Å². The van der Waals surface area contributed by atoms with Crippen LogP contribution in [0.5, 0.6) is 0 Å². The first kappa shape index (κ1) is 18.1. The largest absolute Gasteiger partial charge is 0.365 e. The summed E-state index contributed by atoms with van der Waals surface area (Å²) < 4.78 is 14.0. The van der Waals surface area contributed by atoms with E-state index in [2.05, 4.69) is 5.32 Å². The number of aryl methyl sites for hydroxylation is 1. The highest BCUT2D eigenvalue weighted by Crippen LogP contribution is 2.38. The summed E-state index contributed by atoms with van der Waals surface area (Å²) in [5.41, 5.74) is 7.66. The lowest BCUT2D eigenvalue weighted by molar-refractivity contribution is -0.917. The molecule has 1 aromatic heterocycles. The van der Waals surface area contributed by atoms with Crippen molar-refractivity contribution in [3.05, 3.63) is 51.7 Å². The zero-order valence-electron chi connectivity index (χ0n) is 15.0. The van der Waals surface area contributed by atoms with Gasteiger partial charge in [0.1, 0.15) is 17.4 Å². The molecule has 4 N–H and O–H groups in total. The van der Waals surface area contributed by atoms with Crippen LogP contribution in [0.3, 0.4) is 0 Å². The van der Waals surface area contributed by atoms with Crippen LogP contribution in [0, 0.1) is 5.82 Å². The highest BCUT2D eigenvalue weighted by atomic mass is 32.1. The summed E-state index contributed by atoms with van der Waals surface area (Å²) in [7, 11) is 0. The Morgan fingerprint density at radius 3 is 2.74 bits per heavy atom. The van der Waals surface area contributed by atoms with Crippen molar-refractivity contribution in [3.63, 3.8) is 0 Å². The maximum atomic E-state index is 14.0. The molecule has 2 amide bonds. The quantitative estimate of drug-likeness (QED) is 0.675. The van der Waals surface area contributed by atoms with E-state index in [4.69, 9.17) is 5.73 Å². The molecule has 1 heterocycles. The number of amides is 2. The third-order valence-corrected chi connectivity index (χ3v) is 6.55. The number of fused-ring (bicyclic) bond motifs is 1. The third kappa shape index (κ3) is 3.89. The molecule has 1 saturated carbocycles. The topological polar surface area (TPSA) is 76.6 Å². The van der Waals surface area contributed by atoms with Crippen LogP contribution in [0.2, 0.25) is 0 Å². The molecular weight excluding hydrogens is 365 g/mol. The SMILES string of the molecule is NC(=O)c1c(NC(=O)C[NH+](Cc2ccccc2F)C2CC2)sc2c1CCC2. The van der Waals surface area contributed by atoms with Gasteiger partial charge in [0.15, 0.2) is 6.54 Å². The summed E-state index contributed by atoms with van der Waals surface area (Å²) in [6, 6.07) is 7.09. The molecule has 1 fully saturated rings. The number of carbonyl (C=O) groups excluding carboxylic acids is 2. The van der Waals surface area contributed by atoms with Crippen molar-refractivity contribution in [2.45, 2.75) is 44.7 Å². The van der Waals surface area contributed by atoms with E-state index in [1.165, 1.54) is 17.4 Å². The van der Waals surface area contributed by atoms with Crippen LogP contribution in [0.4, 0.5) is 9.39 Å². The zero-order chi connectivity index (χ0) is 19.0. The number of primary amides is 1. The molecule has 1 aromatic carbocycles. The number of hydrogen-bond acceptors (Lipinski definition) is 3. The van der Waals surface area contributed by atoms with Crippen LogP contribution in [-0.2, 0) is 24.2 Å². The molecule has 7 heteroatoms. The average molecular weight is 388 g/mol. The molecule has 2 aliphatic rings. The molecule has 27 heavy (non-hydrogen) atoms. The van der Waals surface area contributed by atoms with Crippen molar-refractivity contribution in [2.24, 2.45) is 5.73 Å². The molecule has 1 unspecified atom stereocenters. The van der Waals surface area contributed by atoms with Crippen LogP contribution < -0.4 is 16.0 Å². The Morgan fingerprint density at radius 2 is 2.04 bits per heavy atom. The Labute approximate surface area is 161 Å². The molecule has 0 saturated heterocycles. The van der Waals surface area contributed by atoms with Crippen molar-refractivity contribution >= 4 is 28.2 Å². The van der Waals surface area contributed by atoms with Crippen LogP contribution in [0.25, 0.3) is 0 Å². The molecular formula is C20H23FN3O2S+. The van der Waals surface area contributed by atoms with Gasteiger partial charge in [0.2, 0.25) is 0 Å². The average Bonchev–Trinajstić information content (AvgIpc) is 3.27. The molecule has 142 valence electrons. The van der Waals surface area contributed by atoms with Gasteiger partial charge in [-0.3, -0.25) is 9.59 Å². The predicted molar refractivity (Wildman–Crippen MR) is 102 cm³/mol. The van der Waals surface area contributed by atoms with Gasteiger partial charge in [-0.2, -0.15) is 0 Å². The van der Waals surface area contributed by atoms with Crippen molar-refractivity contribution in [1.82, 2.24) is 0 Å². The smallest absolute Gasteiger partial charge is 0.280 e. The van der Waals surface area contributed by atoms with E-state index in [-0.39, 0.29) is 18.3 Å². The lowest BCUT2D eigenvalue weighted by atomic mass is 10.1. The molecule has 0 spiro atoms. The van der Waals surface area contributed by atoms with Gasteiger partial charge in [-0.05, 0) is 30.9 Å². The number of benzene rings is 1. The minimum atomic E-state index is -0.484. The predicted octanol–water partition coefficient (Wildman–Crippen LogP) is 1.66. The van der Waals surface area contributed by atoms with Crippen molar-refractivity contribution in [2.75, 3.05) is 11.9 Å². The first-order chi connectivity index (χ1) is 13.0. The summed E-state index contributed by atoms with van der Waals surface area (Å²) in [6.45, 7) is 0.730. The van der Waals surface area contributed by atoms with Gasteiger partial charge in [0, 0.05) is 23.3 Å². The summed E-state index contributed by atoms with van der Waals surface area (Å²) >= 11 is 1.46. The van der Waals surface area contributed by atoms with E-state index in [0.29, 0.717) is 28.7 Å². The van der Waals surface area contributed by atoms with Gasteiger partial charge in [-0.15, -0.1) is 11.3 Å². The number of nitrogens with one attached hydrogen (secondary N) is 2. The maximum absolute atomic E-state index is 14.0. The summed E-state index contributed by atoms with van der Waals surface area (Å²) in [5.74, 6) is -0.875. The summed E-state index contributed by atoms with van der Waals surface area (Å²) in [4.78, 5) is 26.7. The maximum Gasteiger partial charge on any atom is 0.280 e. The van der Waals surface area contributed by atoms with Crippen LogP contribution in [0.1, 0.15) is 45.6 Å². The molecule has 5 nitrogen and oxygen atoms in total. The number of carbonyl (C=O) groups is 2. The first-order valence-corrected chi connectivity index (χ1v) is 10.2. The van der Waals surface area contributed by atoms with E-state index in [1.807, 2.05) is 6.07 Å². The minimum Gasteiger partial charge on any atom is -0.365 e. The zero-order valence-corrected chi connectivity index (χ0v) is 15.8. The molecule has 0 radical (unpaired) electrons. The van der Waals surface area contributed by atoms with Gasteiger partial charge < -0.3 is 16.0 Å². The Morgan fingerprint density at radius 1 is 1.26 bits per heavy atom. The third-order valence-electron chi connectivity index (χ3n) is 5.34. The normalized spacial score (nSPS) is 16.8. The van der Waals surface area contributed by atoms with Gasteiger partial charge >= 0.3 is 0 Å². The Kier molecular flexibility index (Phi) is 4.97. The first-order valence-electron chi connectivity index (χ1n) is 9.35. The van der Waals surface area contributed by atoms with Crippen LogP contribution >= 0.6 is 11.3 Å². The standard InChI is InChI=1S/C20H22FN3O2S/c21-15-6-2-1-4-12(15)10-24(13-8-9-13)11-17(25)23-20-18(19(22)26)14-5-3-7-16(14)27-20/h1-2,4,6,13H,3,5,7-11H2,(H2,22,26)(H,23,25)/p+1. The fourth-order valence-corrected chi connectivity index (χ4v) is 5.17. The second kappa shape index (κ2) is 7.40. The molecule has 0 bridgehead atoms. The number of halogens is 1. The van der Waals surface area contributed by atoms with Crippen LogP contribution in [-0.4, -0.2) is 24.4 Å². The van der Waals surface area contributed by atoms with Gasteiger partial charge in [0.25, 0.3) is 11.8 Å². The molecule has 0 aliphatic heterocycles. The molecule has 2 aliphatic carbocycles. The highest BCUT2D eigenvalue weighted by Gasteiger charge is 2.35.